The summed E-state index contributed by atoms with van der Waals surface area (Å²) in [4.78, 5) is 11.1. The van der Waals surface area contributed by atoms with Crippen molar-refractivity contribution in [3.05, 3.63) is 23.8 Å². The van der Waals surface area contributed by atoms with Crippen LogP contribution in [0, 0.1) is 16.7 Å². The summed E-state index contributed by atoms with van der Waals surface area (Å²) >= 11 is 0. The summed E-state index contributed by atoms with van der Waals surface area (Å²) in [5.74, 6) is -0.403. The van der Waals surface area contributed by atoms with Gasteiger partial charge in [0.1, 0.15) is 5.52 Å². The number of rotatable bonds is 3. The molecule has 1 heterocycles. The second kappa shape index (κ2) is 3.81. The predicted molar refractivity (Wildman–Crippen MR) is 75.5 cm³/mol. The smallest absolute Gasteiger partial charge is 0.335 e. The second-order valence-corrected chi connectivity index (χ2v) is 6.78. The van der Waals surface area contributed by atoms with E-state index in [9.17, 15) is 4.79 Å². The molecular formula is C15H19N3O2. The lowest BCUT2D eigenvalue weighted by Crippen LogP contribution is -2.06. The van der Waals surface area contributed by atoms with E-state index < -0.39 is 5.97 Å². The molecule has 0 radical (unpaired) electrons. The molecule has 0 amide bonds. The van der Waals surface area contributed by atoms with E-state index in [4.69, 9.17) is 5.11 Å². The zero-order valence-electron chi connectivity index (χ0n) is 12.2. The summed E-state index contributed by atoms with van der Waals surface area (Å²) in [7, 11) is 0. The highest BCUT2D eigenvalue weighted by Gasteiger charge is 2.64. The Morgan fingerprint density at radius 2 is 1.95 bits per heavy atom. The van der Waals surface area contributed by atoms with Crippen molar-refractivity contribution in [3.8, 4) is 0 Å². The number of fused-ring (bicyclic) bond motifs is 1. The molecule has 1 fully saturated rings. The van der Waals surface area contributed by atoms with Crippen LogP contribution in [-0.2, 0) is 6.54 Å². The van der Waals surface area contributed by atoms with E-state index in [-0.39, 0.29) is 16.4 Å². The number of aromatic nitrogens is 3. The van der Waals surface area contributed by atoms with E-state index in [1.807, 2.05) is 4.68 Å². The number of carboxylic acid groups (broad SMARTS) is 1. The lowest BCUT2D eigenvalue weighted by Gasteiger charge is -2.04. The number of benzene rings is 1. The topological polar surface area (TPSA) is 68.0 Å². The van der Waals surface area contributed by atoms with Gasteiger partial charge in [-0.05, 0) is 34.9 Å². The highest BCUT2D eigenvalue weighted by molar-refractivity contribution is 5.92. The normalized spacial score (nSPS) is 20.2. The monoisotopic (exact) mass is 273 g/mol. The molecule has 0 unspecified atom stereocenters. The van der Waals surface area contributed by atoms with Gasteiger partial charge in [-0.15, -0.1) is 5.10 Å². The average molecular weight is 273 g/mol. The Morgan fingerprint density at radius 1 is 1.30 bits per heavy atom. The van der Waals surface area contributed by atoms with Crippen molar-refractivity contribution in [2.45, 2.75) is 34.2 Å². The molecule has 0 saturated heterocycles. The quantitative estimate of drug-likeness (QED) is 0.933. The van der Waals surface area contributed by atoms with E-state index in [1.165, 1.54) is 0 Å². The van der Waals surface area contributed by atoms with E-state index in [1.54, 1.807) is 18.2 Å². The SMILES string of the molecule is CC1(C)C(Cn2nnc3ccc(C(=O)O)cc32)C1(C)C. The van der Waals surface area contributed by atoms with Crippen molar-refractivity contribution in [2.24, 2.45) is 16.7 Å². The molecule has 0 spiro atoms. The van der Waals surface area contributed by atoms with E-state index in [2.05, 4.69) is 38.0 Å². The van der Waals surface area contributed by atoms with Gasteiger partial charge < -0.3 is 5.11 Å². The molecule has 5 nitrogen and oxygen atoms in total. The third-order valence-electron chi connectivity index (χ3n) is 5.44. The maximum Gasteiger partial charge on any atom is 0.335 e. The molecule has 1 saturated carbocycles. The molecule has 0 aliphatic heterocycles. The van der Waals surface area contributed by atoms with Crippen LogP contribution in [-0.4, -0.2) is 26.1 Å². The Morgan fingerprint density at radius 3 is 2.50 bits per heavy atom. The molecule has 3 rings (SSSR count). The van der Waals surface area contributed by atoms with Gasteiger partial charge in [0.25, 0.3) is 0 Å². The first-order valence-corrected chi connectivity index (χ1v) is 6.81. The van der Waals surface area contributed by atoms with E-state index in [0.717, 1.165) is 17.6 Å². The fourth-order valence-corrected chi connectivity index (χ4v) is 3.20. The van der Waals surface area contributed by atoms with Crippen molar-refractivity contribution in [2.75, 3.05) is 0 Å². The summed E-state index contributed by atoms with van der Waals surface area (Å²) < 4.78 is 1.84. The average Bonchev–Trinajstić information content (AvgIpc) is 2.69. The molecule has 1 N–H and O–H groups in total. The van der Waals surface area contributed by atoms with Gasteiger partial charge >= 0.3 is 5.97 Å². The molecule has 106 valence electrons. The first-order valence-electron chi connectivity index (χ1n) is 6.81. The van der Waals surface area contributed by atoms with Gasteiger partial charge in [0, 0.05) is 6.54 Å². The highest BCUT2D eigenvalue weighted by Crippen LogP contribution is 2.68. The van der Waals surface area contributed by atoms with Crippen molar-refractivity contribution in [1.82, 2.24) is 15.0 Å². The largest absolute Gasteiger partial charge is 0.478 e. The fourth-order valence-electron chi connectivity index (χ4n) is 3.20. The highest BCUT2D eigenvalue weighted by atomic mass is 16.4. The molecule has 1 aliphatic carbocycles. The Hall–Kier alpha value is -1.91. The summed E-state index contributed by atoms with van der Waals surface area (Å²) in [6.07, 6.45) is 0. The number of carbonyl (C=O) groups is 1. The van der Waals surface area contributed by atoms with Crippen molar-refractivity contribution in [1.29, 1.82) is 0 Å². The molecule has 20 heavy (non-hydrogen) atoms. The third-order valence-corrected chi connectivity index (χ3v) is 5.44. The molecule has 2 aromatic rings. The molecule has 1 aliphatic rings. The summed E-state index contributed by atoms with van der Waals surface area (Å²) in [6.45, 7) is 9.83. The maximum absolute atomic E-state index is 11.1. The van der Waals surface area contributed by atoms with Gasteiger partial charge in [-0.3, -0.25) is 0 Å². The van der Waals surface area contributed by atoms with Crippen molar-refractivity contribution in [3.63, 3.8) is 0 Å². The Kier molecular flexibility index (Phi) is 2.49. The molecular weight excluding hydrogens is 254 g/mol. The summed E-state index contributed by atoms with van der Waals surface area (Å²) in [5, 5.41) is 17.4. The van der Waals surface area contributed by atoms with Crippen LogP contribution < -0.4 is 0 Å². The Balaban J connectivity index is 1.97. The fraction of sp³-hybridized carbons (Fsp3) is 0.533. The second-order valence-electron chi connectivity index (χ2n) is 6.78. The van der Waals surface area contributed by atoms with Gasteiger partial charge in [0.05, 0.1) is 11.1 Å². The summed E-state index contributed by atoms with van der Waals surface area (Å²) in [5.41, 5.74) is 2.36. The predicted octanol–water partition coefficient (Wildman–Crippen LogP) is 2.81. The summed E-state index contributed by atoms with van der Waals surface area (Å²) in [6, 6.07) is 4.93. The minimum atomic E-state index is -0.924. The molecule has 1 aromatic carbocycles. The standard InChI is InChI=1S/C15H19N3O2/c1-14(2)12(15(14,3)4)8-18-11-7-9(13(19)20)5-6-10(11)16-17-18/h5-7,12H,8H2,1-4H3,(H,19,20). The van der Waals surface area contributed by atoms with Crippen LogP contribution in [0.15, 0.2) is 18.2 Å². The third kappa shape index (κ3) is 1.65. The van der Waals surface area contributed by atoms with E-state index >= 15 is 0 Å². The molecule has 1 aromatic heterocycles. The molecule has 0 bridgehead atoms. The van der Waals surface area contributed by atoms with Crippen molar-refractivity contribution < 1.29 is 9.90 Å². The number of carboxylic acids is 1. The molecule has 5 heteroatoms. The van der Waals surface area contributed by atoms with Gasteiger partial charge in [-0.2, -0.15) is 0 Å². The van der Waals surface area contributed by atoms with Crippen molar-refractivity contribution >= 4 is 17.0 Å². The van der Waals surface area contributed by atoms with Crippen LogP contribution in [0.4, 0.5) is 0 Å². The number of hydrogen-bond donors (Lipinski definition) is 1. The minimum Gasteiger partial charge on any atom is -0.478 e. The lowest BCUT2D eigenvalue weighted by molar-refractivity contribution is 0.0697. The van der Waals surface area contributed by atoms with Crippen LogP contribution in [0.25, 0.3) is 11.0 Å². The zero-order chi connectivity index (χ0) is 14.7. The minimum absolute atomic E-state index is 0.273. The number of nitrogens with zero attached hydrogens (tertiary/aromatic N) is 3. The maximum atomic E-state index is 11.1. The van der Waals surface area contributed by atoms with Gasteiger partial charge in [0.2, 0.25) is 0 Å². The van der Waals surface area contributed by atoms with Gasteiger partial charge in [0.15, 0.2) is 0 Å². The van der Waals surface area contributed by atoms with Crippen LogP contribution in [0.2, 0.25) is 0 Å². The van der Waals surface area contributed by atoms with Crippen LogP contribution in [0.5, 0.6) is 0 Å². The first kappa shape index (κ1) is 13.1. The van der Waals surface area contributed by atoms with Gasteiger partial charge in [-0.1, -0.05) is 32.9 Å². The van der Waals surface area contributed by atoms with Crippen LogP contribution in [0.3, 0.4) is 0 Å². The number of aromatic carboxylic acids is 1. The lowest BCUT2D eigenvalue weighted by atomic mass is 10.0. The van der Waals surface area contributed by atoms with Crippen LogP contribution in [0.1, 0.15) is 38.1 Å². The first-order chi connectivity index (χ1) is 9.25. The van der Waals surface area contributed by atoms with Crippen LogP contribution >= 0.6 is 0 Å². The Bertz CT molecular complexity index is 686. The van der Waals surface area contributed by atoms with Gasteiger partial charge in [-0.25, -0.2) is 9.48 Å². The van der Waals surface area contributed by atoms with E-state index in [0.29, 0.717) is 5.92 Å². The number of hydrogen-bond acceptors (Lipinski definition) is 3. The zero-order valence-corrected chi connectivity index (χ0v) is 12.2. The molecule has 0 atom stereocenters. The Labute approximate surface area is 117 Å².